The molecule has 1 amide bonds. The first-order chi connectivity index (χ1) is 15.1. The lowest BCUT2D eigenvalue weighted by atomic mass is 9.34. The van der Waals surface area contributed by atoms with E-state index in [1.807, 2.05) is 4.90 Å². The van der Waals surface area contributed by atoms with Crippen LogP contribution >= 0.6 is 0 Å². The maximum atomic E-state index is 13.7. The summed E-state index contributed by atoms with van der Waals surface area (Å²) in [6.45, 7) is 11.0. The van der Waals surface area contributed by atoms with Gasteiger partial charge in [-0.3, -0.25) is 14.4 Å². The fourth-order valence-electron chi connectivity index (χ4n) is 9.11. The Morgan fingerprint density at radius 3 is 2.53 bits per heavy atom. The van der Waals surface area contributed by atoms with Crippen molar-refractivity contribution in [1.82, 2.24) is 4.90 Å². The lowest BCUT2D eigenvalue weighted by Gasteiger charge is -2.72. The monoisotopic (exact) mass is 443 g/mol. The largest absolute Gasteiger partial charge is 0.464 e. The van der Waals surface area contributed by atoms with Gasteiger partial charge in [0.05, 0.1) is 6.54 Å². The van der Waals surface area contributed by atoms with E-state index < -0.39 is 0 Å². The Hall–Kier alpha value is -1.85. The number of carbonyl (C=O) groups is 3. The highest BCUT2D eigenvalue weighted by Crippen LogP contribution is 2.74. The van der Waals surface area contributed by atoms with Gasteiger partial charge < -0.3 is 14.4 Å². The van der Waals surface area contributed by atoms with E-state index >= 15 is 0 Å². The smallest absolute Gasteiger partial charge is 0.303 e. The molecule has 1 aliphatic heterocycles. The van der Waals surface area contributed by atoms with Gasteiger partial charge in [-0.25, -0.2) is 0 Å². The van der Waals surface area contributed by atoms with Gasteiger partial charge in [0.2, 0.25) is 5.91 Å². The number of hydrogen-bond acceptors (Lipinski definition) is 5. The lowest BCUT2D eigenvalue weighted by molar-refractivity contribution is -0.241. The van der Waals surface area contributed by atoms with E-state index in [9.17, 15) is 14.4 Å². The van der Waals surface area contributed by atoms with Gasteiger partial charge in [0.1, 0.15) is 12.7 Å². The topological polar surface area (TPSA) is 72.9 Å². The molecule has 6 aliphatic rings. The van der Waals surface area contributed by atoms with E-state index in [1.165, 1.54) is 13.8 Å². The number of esters is 2. The second-order valence-corrected chi connectivity index (χ2v) is 11.5. The van der Waals surface area contributed by atoms with Gasteiger partial charge in [-0.2, -0.15) is 0 Å². The average molecular weight is 444 g/mol. The van der Waals surface area contributed by atoms with Crippen molar-refractivity contribution in [2.24, 2.45) is 34.0 Å². The summed E-state index contributed by atoms with van der Waals surface area (Å²) in [6.07, 6.45) is 8.33. The van der Waals surface area contributed by atoms with Crippen LogP contribution in [-0.2, 0) is 23.9 Å². The molecule has 0 aromatic carbocycles. The van der Waals surface area contributed by atoms with Crippen molar-refractivity contribution in [2.45, 2.75) is 78.2 Å². The normalized spacial score (nSPS) is 44.5. The number of likely N-dealkylation sites (tertiary alicyclic amines) is 1. The molecule has 1 saturated heterocycles. The maximum Gasteiger partial charge on any atom is 0.303 e. The van der Waals surface area contributed by atoms with Gasteiger partial charge in [-0.1, -0.05) is 19.9 Å². The first-order valence-electron chi connectivity index (χ1n) is 12.4. The summed E-state index contributed by atoms with van der Waals surface area (Å²) in [4.78, 5) is 39.0. The Kier molecular flexibility index (Phi) is 5.03. The van der Waals surface area contributed by atoms with Gasteiger partial charge in [-0.15, -0.1) is 0 Å². The standard InChI is InChI=1S/C26H37NO5/c1-16-19-6-10-25(22(16)32-18(3)29)11-7-20-24(4)8-5-9-26(20,21(25)14-19)15-27(23(24)30)12-13-31-17(2)28/h19-22H,1,5-15H2,2-4H3/t19-,20+,21+,22+,24+,25-,26-/m0/s1. The zero-order valence-corrected chi connectivity index (χ0v) is 19.8. The summed E-state index contributed by atoms with van der Waals surface area (Å²) in [5.74, 6) is 0.934. The molecule has 0 unspecified atom stereocenters. The van der Waals surface area contributed by atoms with Crippen LogP contribution in [-0.4, -0.2) is 48.5 Å². The van der Waals surface area contributed by atoms with Crippen LogP contribution < -0.4 is 0 Å². The summed E-state index contributed by atoms with van der Waals surface area (Å²) >= 11 is 0. The fourth-order valence-corrected chi connectivity index (χ4v) is 9.11. The minimum absolute atomic E-state index is 0.0474. The van der Waals surface area contributed by atoms with Crippen molar-refractivity contribution in [3.63, 3.8) is 0 Å². The molecule has 1 spiro atoms. The highest BCUT2D eigenvalue weighted by Gasteiger charge is 2.72. The molecule has 6 heteroatoms. The molecule has 5 aliphatic carbocycles. The SMILES string of the molecule is C=C1[C@H]2CC[C@@]3(CC[C@H]4[C@@]5(CCC[C@@]4(C)C(=O)N(CCOC(C)=O)C5)[C@@H]3C2)[C@@H]1OC(C)=O. The molecule has 0 radical (unpaired) electrons. The molecule has 0 aromatic heterocycles. The fraction of sp³-hybridized carbons (Fsp3) is 0.808. The van der Waals surface area contributed by atoms with Crippen LogP contribution in [0.25, 0.3) is 0 Å². The van der Waals surface area contributed by atoms with Gasteiger partial charge in [0, 0.05) is 31.2 Å². The van der Waals surface area contributed by atoms with Crippen molar-refractivity contribution in [3.8, 4) is 0 Å². The van der Waals surface area contributed by atoms with Gasteiger partial charge in [-0.05, 0) is 73.7 Å². The minimum atomic E-state index is -0.348. The molecule has 6 rings (SSSR count). The molecular formula is C26H37NO5. The summed E-state index contributed by atoms with van der Waals surface area (Å²) in [6, 6.07) is 0. The number of amides is 1. The lowest BCUT2D eigenvalue weighted by Crippen LogP contribution is -2.72. The van der Waals surface area contributed by atoms with Gasteiger partial charge in [0.25, 0.3) is 0 Å². The number of ether oxygens (including phenoxy) is 2. The van der Waals surface area contributed by atoms with Crippen LogP contribution in [0.4, 0.5) is 0 Å². The molecule has 0 aromatic rings. The molecule has 176 valence electrons. The summed E-state index contributed by atoms with van der Waals surface area (Å²) in [5.41, 5.74) is 0.773. The second-order valence-electron chi connectivity index (χ2n) is 11.5. The van der Waals surface area contributed by atoms with E-state index in [4.69, 9.17) is 9.47 Å². The van der Waals surface area contributed by atoms with E-state index in [2.05, 4.69) is 13.5 Å². The number of hydrogen-bond donors (Lipinski definition) is 0. The van der Waals surface area contributed by atoms with Crippen LogP contribution in [0.15, 0.2) is 12.2 Å². The molecule has 32 heavy (non-hydrogen) atoms. The zero-order valence-electron chi connectivity index (χ0n) is 19.8. The van der Waals surface area contributed by atoms with Gasteiger partial charge >= 0.3 is 11.9 Å². The van der Waals surface area contributed by atoms with E-state index in [1.54, 1.807) is 0 Å². The van der Waals surface area contributed by atoms with Crippen molar-refractivity contribution in [1.29, 1.82) is 0 Å². The van der Waals surface area contributed by atoms with Crippen LogP contribution in [0.5, 0.6) is 0 Å². The third-order valence-electron chi connectivity index (χ3n) is 10.2. The molecule has 6 fully saturated rings. The summed E-state index contributed by atoms with van der Waals surface area (Å²) in [5, 5.41) is 0. The Labute approximate surface area is 191 Å². The predicted molar refractivity (Wildman–Crippen MR) is 118 cm³/mol. The third-order valence-corrected chi connectivity index (χ3v) is 10.2. The number of carbonyl (C=O) groups excluding carboxylic acids is 3. The maximum absolute atomic E-state index is 13.7. The zero-order chi connectivity index (χ0) is 22.9. The van der Waals surface area contributed by atoms with Crippen LogP contribution in [0.3, 0.4) is 0 Å². The van der Waals surface area contributed by atoms with Crippen molar-refractivity contribution in [2.75, 3.05) is 19.7 Å². The Balaban J connectivity index is 1.53. The molecular weight excluding hydrogens is 406 g/mol. The van der Waals surface area contributed by atoms with Crippen molar-refractivity contribution >= 4 is 17.8 Å². The van der Waals surface area contributed by atoms with Crippen molar-refractivity contribution in [3.05, 3.63) is 12.2 Å². The Morgan fingerprint density at radius 1 is 1.06 bits per heavy atom. The Morgan fingerprint density at radius 2 is 1.81 bits per heavy atom. The van der Waals surface area contributed by atoms with Crippen LogP contribution in [0.2, 0.25) is 0 Å². The second kappa shape index (κ2) is 7.33. The third kappa shape index (κ3) is 2.86. The highest BCUT2D eigenvalue weighted by atomic mass is 16.5. The molecule has 4 bridgehead atoms. The van der Waals surface area contributed by atoms with Crippen molar-refractivity contribution < 1.29 is 23.9 Å². The summed E-state index contributed by atoms with van der Waals surface area (Å²) < 4.78 is 11.2. The first-order valence-corrected chi connectivity index (χ1v) is 12.4. The van der Waals surface area contributed by atoms with Gasteiger partial charge in [0.15, 0.2) is 0 Å². The predicted octanol–water partition coefficient (Wildman–Crippen LogP) is 3.88. The molecule has 7 atom stereocenters. The molecule has 0 N–H and O–H groups in total. The van der Waals surface area contributed by atoms with Crippen LogP contribution in [0, 0.1) is 34.0 Å². The van der Waals surface area contributed by atoms with E-state index in [0.717, 1.165) is 63.5 Å². The summed E-state index contributed by atoms with van der Waals surface area (Å²) in [7, 11) is 0. The number of fused-ring (bicyclic) bond motifs is 2. The molecule has 6 nitrogen and oxygen atoms in total. The first kappa shape index (κ1) is 22.0. The number of rotatable bonds is 4. The van der Waals surface area contributed by atoms with E-state index in [0.29, 0.717) is 24.3 Å². The molecule has 5 saturated carbocycles. The quantitative estimate of drug-likeness (QED) is 0.487. The van der Waals surface area contributed by atoms with Crippen LogP contribution in [0.1, 0.15) is 72.1 Å². The molecule has 1 heterocycles. The van der Waals surface area contributed by atoms with E-state index in [-0.39, 0.29) is 46.8 Å². The number of piperidine rings is 1. The number of nitrogens with zero attached hydrogens (tertiary/aromatic N) is 1. The Bertz CT molecular complexity index is 868. The highest BCUT2D eigenvalue weighted by molar-refractivity contribution is 5.84. The average Bonchev–Trinajstić information content (AvgIpc) is 2.73. The minimum Gasteiger partial charge on any atom is -0.464 e.